The lowest BCUT2D eigenvalue weighted by Crippen LogP contribution is -1.97. The van der Waals surface area contributed by atoms with E-state index in [0.29, 0.717) is 0 Å². The van der Waals surface area contributed by atoms with E-state index in [0.717, 1.165) is 0 Å². The van der Waals surface area contributed by atoms with Crippen LogP contribution in [-0.4, -0.2) is 0 Å². The zero-order chi connectivity index (χ0) is 11.6. The number of fused-ring (bicyclic) bond motifs is 1. The largest absolute Gasteiger partial charge is 0.0785 e. The van der Waals surface area contributed by atoms with Gasteiger partial charge < -0.3 is 0 Å². The van der Waals surface area contributed by atoms with Crippen molar-refractivity contribution in [3.63, 3.8) is 0 Å². The van der Waals surface area contributed by atoms with Crippen LogP contribution in [0.1, 0.15) is 26.3 Å². The molecule has 0 aliphatic rings. The van der Waals surface area contributed by atoms with Crippen LogP contribution in [0.5, 0.6) is 0 Å². The maximum absolute atomic E-state index is 2.25. The zero-order valence-corrected chi connectivity index (χ0v) is 10.2. The third kappa shape index (κ3) is 2.73. The smallest absolute Gasteiger partial charge is 0.0178 e. The first kappa shape index (κ1) is 10.9. The van der Waals surface area contributed by atoms with Gasteiger partial charge in [-0.3, -0.25) is 0 Å². The minimum atomic E-state index is 0.242. The van der Waals surface area contributed by atoms with Gasteiger partial charge in [0.1, 0.15) is 0 Å². The topological polar surface area (TPSA) is 0 Å². The second-order valence-corrected chi connectivity index (χ2v) is 5.31. The van der Waals surface area contributed by atoms with Gasteiger partial charge in [0.2, 0.25) is 0 Å². The Morgan fingerprint density at radius 1 is 0.875 bits per heavy atom. The van der Waals surface area contributed by atoms with E-state index in [1.165, 1.54) is 16.3 Å². The summed E-state index contributed by atoms with van der Waals surface area (Å²) >= 11 is 0. The molecule has 0 nitrogen and oxygen atoms in total. The number of hydrogen-bond acceptors (Lipinski definition) is 0. The lowest BCUT2D eigenvalue weighted by atomic mass is 9.95. The Hall–Kier alpha value is -1.56. The van der Waals surface area contributed by atoms with Gasteiger partial charge in [-0.15, -0.1) is 0 Å². The van der Waals surface area contributed by atoms with E-state index in [-0.39, 0.29) is 5.41 Å². The van der Waals surface area contributed by atoms with E-state index in [9.17, 15) is 0 Å². The Balaban J connectivity index is 2.37. The maximum Gasteiger partial charge on any atom is -0.0178 e. The van der Waals surface area contributed by atoms with Gasteiger partial charge in [0.15, 0.2) is 0 Å². The normalized spacial score (nSPS) is 12.4. The Labute approximate surface area is 97.6 Å². The van der Waals surface area contributed by atoms with Crippen molar-refractivity contribution in [2.45, 2.75) is 20.8 Å². The van der Waals surface area contributed by atoms with Crippen molar-refractivity contribution >= 4 is 16.8 Å². The molecule has 2 rings (SSSR count). The van der Waals surface area contributed by atoms with E-state index in [1.807, 2.05) is 0 Å². The van der Waals surface area contributed by atoms with Gasteiger partial charge in [-0.2, -0.15) is 0 Å². The molecule has 0 radical (unpaired) electrons. The third-order valence-corrected chi connectivity index (χ3v) is 2.55. The second-order valence-electron chi connectivity index (χ2n) is 5.31. The summed E-state index contributed by atoms with van der Waals surface area (Å²) < 4.78 is 0. The summed E-state index contributed by atoms with van der Waals surface area (Å²) in [5, 5.41) is 2.61. The van der Waals surface area contributed by atoms with Crippen molar-refractivity contribution in [1.82, 2.24) is 0 Å². The van der Waals surface area contributed by atoms with Crippen LogP contribution in [0, 0.1) is 5.41 Å². The second kappa shape index (κ2) is 4.13. The number of hydrogen-bond donors (Lipinski definition) is 0. The van der Waals surface area contributed by atoms with Crippen LogP contribution in [0.15, 0.2) is 48.5 Å². The third-order valence-electron chi connectivity index (χ3n) is 2.55. The molecule has 0 spiro atoms. The first-order chi connectivity index (χ1) is 7.54. The lowest BCUT2D eigenvalue weighted by Gasteiger charge is -2.11. The molecule has 0 N–H and O–H groups in total. The van der Waals surface area contributed by atoms with Crippen LogP contribution in [0.3, 0.4) is 0 Å². The van der Waals surface area contributed by atoms with Gasteiger partial charge in [0, 0.05) is 0 Å². The Morgan fingerprint density at radius 2 is 1.56 bits per heavy atom. The van der Waals surface area contributed by atoms with E-state index in [1.54, 1.807) is 0 Å². The summed E-state index contributed by atoms with van der Waals surface area (Å²) in [7, 11) is 0. The number of benzene rings is 2. The molecule has 0 amide bonds. The molecule has 0 heterocycles. The van der Waals surface area contributed by atoms with Crippen molar-refractivity contribution in [2.75, 3.05) is 0 Å². The average molecular weight is 210 g/mol. The first-order valence-electron chi connectivity index (χ1n) is 5.73. The van der Waals surface area contributed by atoms with E-state index in [4.69, 9.17) is 0 Å². The van der Waals surface area contributed by atoms with Crippen molar-refractivity contribution < 1.29 is 0 Å². The van der Waals surface area contributed by atoms with Crippen LogP contribution < -0.4 is 0 Å². The molecule has 0 aliphatic carbocycles. The van der Waals surface area contributed by atoms with E-state index >= 15 is 0 Å². The molecule has 0 bridgehead atoms. The fourth-order valence-electron chi connectivity index (χ4n) is 1.66. The van der Waals surface area contributed by atoms with Gasteiger partial charge in [-0.1, -0.05) is 69.3 Å². The van der Waals surface area contributed by atoms with Crippen molar-refractivity contribution in [3.8, 4) is 0 Å². The predicted molar refractivity (Wildman–Crippen MR) is 72.4 cm³/mol. The van der Waals surface area contributed by atoms with Crippen LogP contribution in [0.25, 0.3) is 16.8 Å². The predicted octanol–water partition coefficient (Wildman–Crippen LogP) is 4.90. The molecule has 16 heavy (non-hydrogen) atoms. The molecular formula is C16H18. The van der Waals surface area contributed by atoms with Gasteiger partial charge in [0.05, 0.1) is 0 Å². The highest BCUT2D eigenvalue weighted by Gasteiger charge is 2.03. The van der Waals surface area contributed by atoms with E-state index < -0.39 is 0 Å². The molecule has 0 fully saturated rings. The summed E-state index contributed by atoms with van der Waals surface area (Å²) in [5.74, 6) is 0. The van der Waals surface area contributed by atoms with Crippen LogP contribution >= 0.6 is 0 Å². The highest BCUT2D eigenvalue weighted by molar-refractivity contribution is 5.84. The Bertz CT molecular complexity index is 513. The fraction of sp³-hybridized carbons (Fsp3) is 0.250. The van der Waals surface area contributed by atoms with Crippen molar-refractivity contribution in [3.05, 3.63) is 54.1 Å². The highest BCUT2D eigenvalue weighted by atomic mass is 14.1. The SMILES string of the molecule is CC(C)(C)C=Cc1ccc2ccccc2c1. The monoisotopic (exact) mass is 210 g/mol. The average Bonchev–Trinajstić information content (AvgIpc) is 2.25. The van der Waals surface area contributed by atoms with Gasteiger partial charge >= 0.3 is 0 Å². The van der Waals surface area contributed by atoms with Crippen LogP contribution in [-0.2, 0) is 0 Å². The van der Waals surface area contributed by atoms with Gasteiger partial charge in [-0.05, 0) is 27.8 Å². The maximum atomic E-state index is 2.25. The van der Waals surface area contributed by atoms with Gasteiger partial charge in [-0.25, -0.2) is 0 Å². The molecule has 0 saturated heterocycles. The molecule has 0 saturated carbocycles. The number of rotatable bonds is 1. The fourth-order valence-corrected chi connectivity index (χ4v) is 1.66. The lowest BCUT2D eigenvalue weighted by molar-refractivity contribution is 0.547. The molecule has 0 unspecified atom stereocenters. The van der Waals surface area contributed by atoms with Crippen molar-refractivity contribution in [2.24, 2.45) is 5.41 Å². The quantitative estimate of drug-likeness (QED) is 0.628. The molecule has 82 valence electrons. The van der Waals surface area contributed by atoms with Crippen LogP contribution in [0.4, 0.5) is 0 Å². The minimum absolute atomic E-state index is 0.242. The number of allylic oxidation sites excluding steroid dienone is 1. The minimum Gasteiger partial charge on any atom is -0.0785 e. The summed E-state index contributed by atoms with van der Waals surface area (Å²) in [4.78, 5) is 0. The summed E-state index contributed by atoms with van der Waals surface area (Å²) in [6.45, 7) is 6.64. The molecule has 2 aromatic carbocycles. The molecule has 0 heteroatoms. The Kier molecular flexibility index (Phi) is 2.82. The molecule has 0 aliphatic heterocycles. The first-order valence-corrected chi connectivity index (χ1v) is 5.73. The van der Waals surface area contributed by atoms with Crippen molar-refractivity contribution in [1.29, 1.82) is 0 Å². The highest BCUT2D eigenvalue weighted by Crippen LogP contribution is 2.20. The Morgan fingerprint density at radius 3 is 2.25 bits per heavy atom. The standard InChI is InChI=1S/C16H18/c1-16(2,3)11-10-13-8-9-14-6-4-5-7-15(14)12-13/h4-12H,1-3H3. The summed E-state index contributed by atoms with van der Waals surface area (Å²) in [6, 6.07) is 15.0. The zero-order valence-electron chi connectivity index (χ0n) is 10.2. The van der Waals surface area contributed by atoms with Crippen LogP contribution in [0.2, 0.25) is 0 Å². The summed E-state index contributed by atoms with van der Waals surface area (Å²) in [6.07, 6.45) is 4.45. The molecule has 0 aromatic heterocycles. The van der Waals surface area contributed by atoms with E-state index in [2.05, 4.69) is 75.4 Å². The molecule has 2 aromatic rings. The summed E-state index contributed by atoms with van der Waals surface area (Å²) in [5.41, 5.74) is 1.51. The molecular weight excluding hydrogens is 192 g/mol. The molecule has 0 atom stereocenters. The van der Waals surface area contributed by atoms with Gasteiger partial charge in [0.25, 0.3) is 0 Å².